The van der Waals surface area contributed by atoms with E-state index in [1.165, 1.54) is 10.7 Å². The summed E-state index contributed by atoms with van der Waals surface area (Å²) in [6, 6.07) is 0. The Hall–Kier alpha value is -0.660. The summed E-state index contributed by atoms with van der Waals surface area (Å²) in [5.41, 5.74) is 0. The lowest BCUT2D eigenvalue weighted by atomic mass is 9.99. The zero-order valence-corrected chi connectivity index (χ0v) is 12.4. The highest BCUT2D eigenvalue weighted by atomic mass is 32.2. The molecule has 114 valence electrons. The van der Waals surface area contributed by atoms with Crippen molar-refractivity contribution in [2.45, 2.75) is 32.1 Å². The molecule has 2 unspecified atom stereocenters. The lowest BCUT2D eigenvalue weighted by Gasteiger charge is -2.32. The van der Waals surface area contributed by atoms with Crippen LogP contribution in [0.1, 0.15) is 32.1 Å². The van der Waals surface area contributed by atoms with Crippen molar-refractivity contribution in [1.82, 2.24) is 8.61 Å². The third kappa shape index (κ3) is 2.46. The fourth-order valence-electron chi connectivity index (χ4n) is 3.88. The lowest BCUT2D eigenvalue weighted by Crippen LogP contribution is -2.47. The number of hydrogen-bond donors (Lipinski definition) is 1. The summed E-state index contributed by atoms with van der Waals surface area (Å²) >= 11 is 0. The number of piperidine rings is 1. The second-order valence-corrected chi connectivity index (χ2v) is 8.22. The molecule has 1 aliphatic carbocycles. The average Bonchev–Trinajstić information content (AvgIpc) is 2.99. The Balaban J connectivity index is 1.63. The van der Waals surface area contributed by atoms with Crippen LogP contribution in [-0.2, 0) is 15.0 Å². The highest BCUT2D eigenvalue weighted by Crippen LogP contribution is 2.39. The molecule has 0 radical (unpaired) electrons. The highest BCUT2D eigenvalue weighted by Gasteiger charge is 2.43. The van der Waals surface area contributed by atoms with E-state index in [9.17, 15) is 13.2 Å². The third-order valence-corrected chi connectivity index (χ3v) is 7.12. The van der Waals surface area contributed by atoms with E-state index in [-0.39, 0.29) is 5.92 Å². The first-order valence-electron chi connectivity index (χ1n) is 7.46. The van der Waals surface area contributed by atoms with E-state index in [0.717, 1.165) is 12.8 Å². The van der Waals surface area contributed by atoms with Crippen molar-refractivity contribution in [2.24, 2.45) is 17.8 Å². The van der Waals surface area contributed by atoms with Gasteiger partial charge in [-0.15, -0.1) is 0 Å². The molecule has 3 rings (SSSR count). The van der Waals surface area contributed by atoms with E-state index in [4.69, 9.17) is 5.11 Å². The summed E-state index contributed by atoms with van der Waals surface area (Å²) in [6.45, 7) is 1.99. The molecule has 2 saturated heterocycles. The summed E-state index contributed by atoms with van der Waals surface area (Å²) in [7, 11) is -3.38. The smallest absolute Gasteiger partial charge is 0.306 e. The molecule has 2 aliphatic heterocycles. The lowest BCUT2D eigenvalue weighted by molar-refractivity contribution is -0.142. The summed E-state index contributed by atoms with van der Waals surface area (Å²) in [4.78, 5) is 10.9. The molecular weight excluding hydrogens is 280 g/mol. The Morgan fingerprint density at radius 3 is 2.00 bits per heavy atom. The Kier molecular flexibility index (Phi) is 3.77. The van der Waals surface area contributed by atoms with Crippen LogP contribution in [0.15, 0.2) is 0 Å². The number of carboxylic acid groups (broad SMARTS) is 1. The maximum atomic E-state index is 12.6. The van der Waals surface area contributed by atoms with Gasteiger partial charge in [0.15, 0.2) is 0 Å². The molecule has 0 aromatic heterocycles. The molecule has 2 atom stereocenters. The van der Waals surface area contributed by atoms with E-state index in [1.54, 1.807) is 4.31 Å². The Labute approximate surface area is 119 Å². The van der Waals surface area contributed by atoms with Crippen LogP contribution in [0.4, 0.5) is 0 Å². The van der Waals surface area contributed by atoms with Crippen LogP contribution in [0.25, 0.3) is 0 Å². The van der Waals surface area contributed by atoms with Crippen LogP contribution in [0, 0.1) is 17.8 Å². The van der Waals surface area contributed by atoms with Gasteiger partial charge in [0.2, 0.25) is 0 Å². The molecule has 0 amide bonds. The van der Waals surface area contributed by atoms with Gasteiger partial charge >= 0.3 is 5.97 Å². The van der Waals surface area contributed by atoms with Gasteiger partial charge in [0.05, 0.1) is 5.92 Å². The first-order chi connectivity index (χ1) is 9.48. The molecule has 3 fully saturated rings. The number of hydrogen-bond acceptors (Lipinski definition) is 3. The molecule has 7 heteroatoms. The van der Waals surface area contributed by atoms with Gasteiger partial charge in [-0.1, -0.05) is 6.42 Å². The second kappa shape index (κ2) is 5.27. The number of fused-ring (bicyclic) bond motifs is 1. The van der Waals surface area contributed by atoms with Crippen LogP contribution >= 0.6 is 0 Å². The van der Waals surface area contributed by atoms with Crippen LogP contribution in [0.3, 0.4) is 0 Å². The number of nitrogens with zero attached hydrogens (tertiary/aromatic N) is 2. The first kappa shape index (κ1) is 14.3. The van der Waals surface area contributed by atoms with Gasteiger partial charge in [-0.3, -0.25) is 4.79 Å². The van der Waals surface area contributed by atoms with E-state index in [0.29, 0.717) is 50.9 Å². The van der Waals surface area contributed by atoms with Gasteiger partial charge in [0.1, 0.15) is 0 Å². The van der Waals surface area contributed by atoms with Crippen molar-refractivity contribution in [2.75, 3.05) is 26.2 Å². The molecule has 6 nitrogen and oxygen atoms in total. The molecule has 0 aromatic rings. The first-order valence-corrected chi connectivity index (χ1v) is 8.86. The Morgan fingerprint density at radius 1 is 0.950 bits per heavy atom. The van der Waals surface area contributed by atoms with Crippen LogP contribution in [0.5, 0.6) is 0 Å². The summed E-state index contributed by atoms with van der Waals surface area (Å²) in [5, 5.41) is 8.97. The molecular formula is C13H22N2O4S. The van der Waals surface area contributed by atoms with Crippen LogP contribution in [-0.4, -0.2) is 54.3 Å². The van der Waals surface area contributed by atoms with Crippen molar-refractivity contribution in [3.8, 4) is 0 Å². The van der Waals surface area contributed by atoms with Gasteiger partial charge in [-0.25, -0.2) is 0 Å². The van der Waals surface area contributed by atoms with E-state index in [1.807, 2.05) is 0 Å². The molecule has 2 heterocycles. The minimum atomic E-state index is -3.38. The highest BCUT2D eigenvalue weighted by molar-refractivity contribution is 7.86. The number of carboxylic acids is 1. The topological polar surface area (TPSA) is 77.9 Å². The summed E-state index contributed by atoms with van der Waals surface area (Å²) < 4.78 is 28.3. The molecule has 0 bridgehead atoms. The van der Waals surface area contributed by atoms with Gasteiger partial charge in [0, 0.05) is 26.2 Å². The predicted octanol–water partition coefficient (Wildman–Crippen LogP) is 0.760. The van der Waals surface area contributed by atoms with Crippen LogP contribution < -0.4 is 0 Å². The van der Waals surface area contributed by atoms with Crippen molar-refractivity contribution in [3.05, 3.63) is 0 Å². The number of carbonyl (C=O) groups is 1. The van der Waals surface area contributed by atoms with Gasteiger partial charge in [-0.2, -0.15) is 17.0 Å². The number of rotatable bonds is 3. The monoisotopic (exact) mass is 302 g/mol. The Bertz CT molecular complexity index is 473. The van der Waals surface area contributed by atoms with Crippen molar-refractivity contribution in [3.63, 3.8) is 0 Å². The summed E-state index contributed by atoms with van der Waals surface area (Å²) in [5.74, 6) is -0.111. The minimum absolute atomic E-state index is 0.338. The van der Waals surface area contributed by atoms with Crippen molar-refractivity contribution < 1.29 is 18.3 Å². The maximum absolute atomic E-state index is 12.6. The zero-order chi connectivity index (χ0) is 14.3. The third-order valence-electron chi connectivity index (χ3n) is 5.15. The second-order valence-electron chi connectivity index (χ2n) is 6.29. The van der Waals surface area contributed by atoms with E-state index >= 15 is 0 Å². The average molecular weight is 302 g/mol. The van der Waals surface area contributed by atoms with Gasteiger partial charge in [0.25, 0.3) is 10.2 Å². The van der Waals surface area contributed by atoms with Gasteiger partial charge < -0.3 is 5.11 Å². The SMILES string of the molecule is O=C(O)C1CCN(S(=O)(=O)N2CC3CCCC3C2)CC1. The van der Waals surface area contributed by atoms with Crippen LogP contribution in [0.2, 0.25) is 0 Å². The molecule has 3 aliphatic rings. The largest absolute Gasteiger partial charge is 0.481 e. The molecule has 1 saturated carbocycles. The Morgan fingerprint density at radius 2 is 1.50 bits per heavy atom. The fourth-order valence-corrected chi connectivity index (χ4v) is 5.64. The molecule has 20 heavy (non-hydrogen) atoms. The van der Waals surface area contributed by atoms with Crippen molar-refractivity contribution in [1.29, 1.82) is 0 Å². The zero-order valence-electron chi connectivity index (χ0n) is 11.6. The van der Waals surface area contributed by atoms with E-state index < -0.39 is 16.2 Å². The standard InChI is InChI=1S/C13H22N2O4S/c16-13(17)10-4-6-14(7-5-10)20(18,19)15-8-11-2-1-3-12(11)9-15/h10-12H,1-9H2,(H,16,17). The number of aliphatic carboxylic acids is 1. The predicted molar refractivity (Wildman–Crippen MR) is 73.3 cm³/mol. The normalized spacial score (nSPS) is 33.4. The molecule has 1 N–H and O–H groups in total. The molecule has 0 aromatic carbocycles. The van der Waals surface area contributed by atoms with E-state index in [2.05, 4.69) is 0 Å². The maximum Gasteiger partial charge on any atom is 0.306 e. The fraction of sp³-hybridized carbons (Fsp3) is 0.923. The van der Waals surface area contributed by atoms with Gasteiger partial charge in [-0.05, 0) is 37.5 Å². The summed E-state index contributed by atoms with van der Waals surface area (Å²) in [6.07, 6.45) is 4.38. The van der Waals surface area contributed by atoms with Crippen molar-refractivity contribution >= 4 is 16.2 Å². The minimum Gasteiger partial charge on any atom is -0.481 e. The molecule has 0 spiro atoms. The quantitative estimate of drug-likeness (QED) is 0.835.